The molecule has 1 aliphatic rings. The Morgan fingerprint density at radius 2 is 1.71 bits per heavy atom. The largest absolute Gasteiger partial charge is 0.467 e. The Morgan fingerprint density at radius 1 is 1.12 bits per heavy atom. The molecular weight excluding hydrogens is 318 g/mol. The summed E-state index contributed by atoms with van der Waals surface area (Å²) in [6.07, 6.45) is 1.12. The molecule has 24 heavy (non-hydrogen) atoms. The molecule has 0 unspecified atom stereocenters. The van der Waals surface area contributed by atoms with Crippen molar-refractivity contribution in [3.8, 4) is 0 Å². The second-order valence-electron chi connectivity index (χ2n) is 5.58. The number of nitrogens with zero attached hydrogens (tertiary/aromatic N) is 2. The monoisotopic (exact) mass is 341 g/mol. The van der Waals surface area contributed by atoms with Gasteiger partial charge in [-0.15, -0.1) is 0 Å². The zero-order valence-corrected chi connectivity index (χ0v) is 14.3. The highest BCUT2D eigenvalue weighted by Gasteiger charge is 2.45. The maximum Gasteiger partial charge on any atom is 0.334 e. The molecule has 1 fully saturated rings. The predicted octanol–water partition coefficient (Wildman–Crippen LogP) is -0.109. The molecule has 2 atom stereocenters. The lowest BCUT2D eigenvalue weighted by atomic mass is 9.99. The number of esters is 1. The Kier molecular flexibility index (Phi) is 6.87. The summed E-state index contributed by atoms with van der Waals surface area (Å²) < 4.78 is 4.65. The zero-order chi connectivity index (χ0) is 18.4. The lowest BCUT2D eigenvalue weighted by Gasteiger charge is -2.23. The number of carbonyl (C=O) groups excluding carboxylic acids is 5. The van der Waals surface area contributed by atoms with E-state index in [-0.39, 0.29) is 12.5 Å². The van der Waals surface area contributed by atoms with Crippen LogP contribution in [0.3, 0.4) is 0 Å². The summed E-state index contributed by atoms with van der Waals surface area (Å²) in [6, 6.07) is -1.71. The minimum atomic E-state index is -1.04. The first-order valence-electron chi connectivity index (χ1n) is 7.82. The smallest absolute Gasteiger partial charge is 0.334 e. The third-order valence-electron chi connectivity index (χ3n) is 3.87. The number of urea groups is 1. The first-order valence-corrected chi connectivity index (χ1v) is 7.82. The van der Waals surface area contributed by atoms with Gasteiger partial charge in [0.2, 0.25) is 5.91 Å². The molecular formula is C15H23N3O6. The minimum Gasteiger partial charge on any atom is -0.467 e. The molecule has 1 N–H and O–H groups in total. The molecule has 0 bridgehead atoms. The first-order chi connectivity index (χ1) is 11.3. The first kappa shape index (κ1) is 19.6. The van der Waals surface area contributed by atoms with Gasteiger partial charge in [-0.05, 0) is 12.3 Å². The second kappa shape index (κ2) is 8.42. The molecule has 5 amide bonds. The lowest BCUT2D eigenvalue weighted by Crippen LogP contribution is -2.50. The number of rotatable bonds is 8. The summed E-state index contributed by atoms with van der Waals surface area (Å²) in [5, 5.41) is 2.46. The van der Waals surface area contributed by atoms with Crippen LogP contribution in [0.4, 0.5) is 4.79 Å². The Balaban J connectivity index is 2.79. The third-order valence-corrected chi connectivity index (χ3v) is 3.87. The van der Waals surface area contributed by atoms with Gasteiger partial charge in [-0.3, -0.25) is 19.3 Å². The summed E-state index contributed by atoms with van der Waals surface area (Å²) in [5.41, 5.74) is 0. The van der Waals surface area contributed by atoms with E-state index in [1.54, 1.807) is 13.8 Å². The second-order valence-corrected chi connectivity index (χ2v) is 5.58. The van der Waals surface area contributed by atoms with Crippen molar-refractivity contribution in [2.24, 2.45) is 5.92 Å². The Labute approximate surface area is 140 Å². The van der Waals surface area contributed by atoms with Crippen molar-refractivity contribution >= 4 is 29.7 Å². The summed E-state index contributed by atoms with van der Waals surface area (Å²) in [4.78, 5) is 60.9. The number of methoxy groups -OCH3 is 1. The van der Waals surface area contributed by atoms with Crippen molar-refractivity contribution in [2.75, 3.05) is 20.2 Å². The molecule has 1 saturated heterocycles. The van der Waals surface area contributed by atoms with E-state index in [4.69, 9.17) is 0 Å². The zero-order valence-electron chi connectivity index (χ0n) is 14.3. The van der Waals surface area contributed by atoms with Crippen LogP contribution in [0.25, 0.3) is 0 Å². The molecule has 0 saturated carbocycles. The third kappa shape index (κ3) is 4.09. The van der Waals surface area contributed by atoms with E-state index < -0.39 is 42.3 Å². The summed E-state index contributed by atoms with van der Waals surface area (Å²) in [7, 11) is 1.21. The van der Waals surface area contributed by atoms with Crippen molar-refractivity contribution < 1.29 is 28.7 Å². The SMILES string of the molecule is CCCN1C(=O)C(=O)N(CC(=O)N[C@@H](C(=O)OC)[C@H](C)CC)C1=O. The van der Waals surface area contributed by atoms with Gasteiger partial charge in [-0.1, -0.05) is 27.2 Å². The van der Waals surface area contributed by atoms with Gasteiger partial charge in [0.25, 0.3) is 0 Å². The molecule has 1 heterocycles. The van der Waals surface area contributed by atoms with Gasteiger partial charge in [-0.25, -0.2) is 14.5 Å². The molecule has 9 heteroatoms. The van der Waals surface area contributed by atoms with E-state index in [9.17, 15) is 24.0 Å². The molecule has 1 rings (SSSR count). The number of hydrogen-bond acceptors (Lipinski definition) is 6. The van der Waals surface area contributed by atoms with E-state index in [1.807, 2.05) is 6.92 Å². The van der Waals surface area contributed by atoms with Crippen LogP contribution in [0.1, 0.15) is 33.6 Å². The van der Waals surface area contributed by atoms with Gasteiger partial charge in [-0.2, -0.15) is 0 Å². The maximum absolute atomic E-state index is 12.1. The summed E-state index contributed by atoms with van der Waals surface area (Å²) in [5.74, 6) is -3.49. The van der Waals surface area contributed by atoms with Crippen molar-refractivity contribution in [1.82, 2.24) is 15.1 Å². The lowest BCUT2D eigenvalue weighted by molar-refractivity contribution is -0.147. The highest BCUT2D eigenvalue weighted by Crippen LogP contribution is 2.13. The van der Waals surface area contributed by atoms with E-state index in [1.165, 1.54) is 7.11 Å². The van der Waals surface area contributed by atoms with Crippen molar-refractivity contribution in [1.29, 1.82) is 0 Å². The Morgan fingerprint density at radius 3 is 2.21 bits per heavy atom. The fourth-order valence-electron chi connectivity index (χ4n) is 2.27. The maximum atomic E-state index is 12.1. The quantitative estimate of drug-likeness (QED) is 0.374. The summed E-state index contributed by atoms with van der Waals surface area (Å²) >= 11 is 0. The van der Waals surface area contributed by atoms with Crippen LogP contribution >= 0.6 is 0 Å². The molecule has 0 aromatic rings. The van der Waals surface area contributed by atoms with Crippen LogP contribution in [0.5, 0.6) is 0 Å². The number of carbonyl (C=O) groups is 5. The Hall–Kier alpha value is -2.45. The number of amides is 5. The van der Waals surface area contributed by atoms with Gasteiger partial charge in [0.05, 0.1) is 7.11 Å². The molecule has 0 spiro atoms. The van der Waals surface area contributed by atoms with E-state index in [2.05, 4.69) is 10.1 Å². The van der Waals surface area contributed by atoms with Crippen molar-refractivity contribution in [3.05, 3.63) is 0 Å². The fourth-order valence-corrected chi connectivity index (χ4v) is 2.27. The van der Waals surface area contributed by atoms with Crippen LogP contribution in [-0.2, 0) is 23.9 Å². The fraction of sp³-hybridized carbons (Fsp3) is 0.667. The van der Waals surface area contributed by atoms with Crippen molar-refractivity contribution in [2.45, 2.75) is 39.7 Å². The predicted molar refractivity (Wildman–Crippen MR) is 82.5 cm³/mol. The van der Waals surface area contributed by atoms with Gasteiger partial charge in [0, 0.05) is 6.54 Å². The van der Waals surface area contributed by atoms with Gasteiger partial charge >= 0.3 is 23.8 Å². The van der Waals surface area contributed by atoms with E-state index in [0.29, 0.717) is 17.7 Å². The molecule has 0 radical (unpaired) electrons. The molecule has 9 nitrogen and oxygen atoms in total. The average molecular weight is 341 g/mol. The van der Waals surface area contributed by atoms with E-state index in [0.717, 1.165) is 4.90 Å². The van der Waals surface area contributed by atoms with Crippen molar-refractivity contribution in [3.63, 3.8) is 0 Å². The molecule has 134 valence electrons. The number of nitrogens with one attached hydrogen (secondary N) is 1. The van der Waals surface area contributed by atoms with Gasteiger partial charge in [0.15, 0.2) is 0 Å². The normalized spacial score (nSPS) is 17.1. The van der Waals surface area contributed by atoms with Crippen LogP contribution in [0.2, 0.25) is 0 Å². The van der Waals surface area contributed by atoms with Crippen LogP contribution in [0.15, 0.2) is 0 Å². The highest BCUT2D eigenvalue weighted by molar-refractivity contribution is 6.45. The number of ether oxygens (including phenoxy) is 1. The number of imide groups is 2. The average Bonchev–Trinajstić information content (AvgIpc) is 2.76. The van der Waals surface area contributed by atoms with Gasteiger partial charge < -0.3 is 10.1 Å². The standard InChI is InChI=1S/C15H23N3O6/c1-5-7-17-12(20)13(21)18(15(17)23)8-10(19)16-11(9(3)6-2)14(22)24-4/h9,11H,5-8H2,1-4H3,(H,16,19)/t9-,11-/m1/s1. The molecule has 0 aliphatic carbocycles. The van der Waals surface area contributed by atoms with Crippen LogP contribution < -0.4 is 5.32 Å². The molecule has 0 aromatic heterocycles. The Bertz CT molecular complexity index is 547. The molecule has 1 aliphatic heterocycles. The minimum absolute atomic E-state index is 0.110. The highest BCUT2D eigenvalue weighted by atomic mass is 16.5. The van der Waals surface area contributed by atoms with Gasteiger partial charge in [0.1, 0.15) is 12.6 Å². The number of hydrogen-bond donors (Lipinski definition) is 1. The van der Waals surface area contributed by atoms with Crippen LogP contribution in [-0.4, -0.2) is 65.8 Å². The topological polar surface area (TPSA) is 113 Å². The molecule has 0 aromatic carbocycles. The van der Waals surface area contributed by atoms with E-state index >= 15 is 0 Å². The van der Waals surface area contributed by atoms with Crippen LogP contribution in [0, 0.1) is 5.92 Å². The summed E-state index contributed by atoms with van der Waals surface area (Å²) in [6.45, 7) is 4.86.